The number of hydrogen-bond donors (Lipinski definition) is 0. The van der Waals surface area contributed by atoms with Crippen molar-refractivity contribution in [1.29, 1.82) is 0 Å². The Hall–Kier alpha value is -1.70. The van der Waals surface area contributed by atoms with Crippen LogP contribution in [0.4, 0.5) is 0 Å². The third-order valence-corrected chi connectivity index (χ3v) is 7.36. The van der Waals surface area contributed by atoms with E-state index in [1.54, 1.807) is 0 Å². The molecule has 0 spiro atoms. The van der Waals surface area contributed by atoms with E-state index in [1.807, 2.05) is 30.3 Å². The number of rotatable bonds is 12. The lowest BCUT2D eigenvalue weighted by molar-refractivity contribution is 0.0900. The van der Waals surface area contributed by atoms with Gasteiger partial charge in [-0.05, 0) is 71.9 Å². The fourth-order valence-electron chi connectivity index (χ4n) is 4.03. The van der Waals surface area contributed by atoms with Crippen molar-refractivity contribution in [2.75, 3.05) is 6.61 Å². The zero-order chi connectivity index (χ0) is 23.9. The average molecular weight is 474 g/mol. The summed E-state index contributed by atoms with van der Waals surface area (Å²) in [6, 6.07) is 16.4. The Bertz CT molecular complexity index is 886. The number of halogens is 2. The van der Waals surface area contributed by atoms with Gasteiger partial charge in [0.2, 0.25) is 0 Å². The van der Waals surface area contributed by atoms with Crippen molar-refractivity contribution in [3.05, 3.63) is 94.7 Å². The lowest BCUT2D eigenvalue weighted by Crippen LogP contribution is -2.26. The lowest BCUT2D eigenvalue weighted by atomic mass is 9.70. The van der Waals surface area contributed by atoms with Crippen LogP contribution in [0, 0.1) is 17.3 Å². The van der Waals surface area contributed by atoms with Crippen LogP contribution in [0.2, 0.25) is 10.0 Å². The normalized spacial score (nSPS) is 16.1. The van der Waals surface area contributed by atoms with Crippen LogP contribution in [0.5, 0.6) is 0 Å². The van der Waals surface area contributed by atoms with Gasteiger partial charge in [0.15, 0.2) is 0 Å². The highest BCUT2D eigenvalue weighted by Crippen LogP contribution is 2.46. The summed E-state index contributed by atoms with van der Waals surface area (Å²) in [6.07, 6.45) is 3.65. The Labute approximate surface area is 205 Å². The largest absolute Gasteiger partial charge is 0.498 e. The molecule has 0 aromatic heterocycles. The van der Waals surface area contributed by atoms with E-state index in [0.29, 0.717) is 18.4 Å². The Morgan fingerprint density at radius 1 is 1.00 bits per heavy atom. The molecule has 1 nitrogen and oxygen atoms in total. The first-order valence-electron chi connectivity index (χ1n) is 11.5. The molecule has 0 aliphatic carbocycles. The summed E-state index contributed by atoms with van der Waals surface area (Å²) in [4.78, 5) is 0. The monoisotopic (exact) mass is 472 g/mol. The van der Waals surface area contributed by atoms with Crippen molar-refractivity contribution >= 4 is 23.2 Å². The highest BCUT2D eigenvalue weighted by atomic mass is 35.5. The minimum atomic E-state index is -0.244. The quantitative estimate of drug-likeness (QED) is 0.220. The van der Waals surface area contributed by atoms with Crippen LogP contribution in [0.3, 0.4) is 0 Å². The molecule has 174 valence electrons. The summed E-state index contributed by atoms with van der Waals surface area (Å²) < 4.78 is 6.26. The standard InChI is InChI=1S/C29H38Cl2O/c1-8-16-29(7,23(6)32-19-21(4)20(2)3)18-28(25-10-9-11-27(31)17-25)22(5)24-12-14-26(30)15-13-24/h8-15,17,20-22,28H,1,6,16,18-19H2,2-5,7H3/t21-,22-,28+,29+/m1/s1. The molecule has 2 rings (SSSR count). The molecule has 0 amide bonds. The Kier molecular flexibility index (Phi) is 9.92. The molecule has 0 aliphatic rings. The summed E-state index contributed by atoms with van der Waals surface area (Å²) in [6.45, 7) is 20.3. The van der Waals surface area contributed by atoms with Gasteiger partial charge in [0, 0.05) is 15.5 Å². The maximum absolute atomic E-state index is 6.39. The van der Waals surface area contributed by atoms with E-state index in [4.69, 9.17) is 27.9 Å². The maximum Gasteiger partial charge on any atom is 0.0950 e. The Morgan fingerprint density at radius 2 is 1.66 bits per heavy atom. The van der Waals surface area contributed by atoms with Crippen molar-refractivity contribution in [3.8, 4) is 0 Å². The average Bonchev–Trinajstić information content (AvgIpc) is 2.75. The molecule has 3 heteroatoms. The van der Waals surface area contributed by atoms with Crippen LogP contribution in [0.1, 0.15) is 70.4 Å². The van der Waals surface area contributed by atoms with Gasteiger partial charge in [-0.1, -0.05) is 94.7 Å². The first-order valence-corrected chi connectivity index (χ1v) is 12.3. The van der Waals surface area contributed by atoms with E-state index in [0.717, 1.165) is 28.6 Å². The van der Waals surface area contributed by atoms with Crippen LogP contribution in [-0.4, -0.2) is 6.61 Å². The fraction of sp³-hybridized carbons (Fsp3) is 0.448. The van der Waals surface area contributed by atoms with Gasteiger partial charge in [-0.15, -0.1) is 6.58 Å². The Balaban J connectivity index is 2.38. The molecule has 0 aliphatic heterocycles. The van der Waals surface area contributed by atoms with Gasteiger partial charge < -0.3 is 4.74 Å². The van der Waals surface area contributed by atoms with E-state index in [2.05, 4.69) is 72.0 Å². The van der Waals surface area contributed by atoms with Crippen LogP contribution in [0.25, 0.3) is 0 Å². The van der Waals surface area contributed by atoms with Gasteiger partial charge >= 0.3 is 0 Å². The highest BCUT2D eigenvalue weighted by Gasteiger charge is 2.35. The molecular weight excluding hydrogens is 435 g/mol. The summed E-state index contributed by atoms with van der Waals surface area (Å²) in [5.74, 6) is 2.36. The van der Waals surface area contributed by atoms with Crippen LogP contribution < -0.4 is 0 Å². The third kappa shape index (κ3) is 7.15. The SMILES string of the molecule is C=CC[C@@](C)(C[C@H](c1cccc(Cl)c1)[C@H](C)c1ccc(Cl)cc1)C(=C)OC[C@@H](C)C(C)C. The molecular formula is C29H38Cl2O. The van der Waals surface area contributed by atoms with Gasteiger partial charge in [0.1, 0.15) is 0 Å². The van der Waals surface area contributed by atoms with Gasteiger partial charge in [-0.25, -0.2) is 0 Å². The number of benzene rings is 2. The molecule has 2 aromatic rings. The third-order valence-electron chi connectivity index (χ3n) is 6.87. The minimum absolute atomic E-state index is 0.225. The van der Waals surface area contributed by atoms with Crippen molar-refractivity contribution < 1.29 is 4.74 Å². The zero-order valence-corrected chi connectivity index (χ0v) is 21.7. The Morgan fingerprint density at radius 3 is 2.22 bits per heavy atom. The molecule has 0 saturated heterocycles. The second-order valence-electron chi connectivity index (χ2n) is 9.71. The van der Waals surface area contributed by atoms with E-state index in [1.165, 1.54) is 11.1 Å². The molecule has 0 fully saturated rings. The van der Waals surface area contributed by atoms with Gasteiger partial charge in [0.05, 0.1) is 12.4 Å². The molecule has 32 heavy (non-hydrogen) atoms. The molecule has 0 radical (unpaired) electrons. The zero-order valence-electron chi connectivity index (χ0n) is 20.2. The van der Waals surface area contributed by atoms with Crippen molar-refractivity contribution in [3.63, 3.8) is 0 Å². The lowest BCUT2D eigenvalue weighted by Gasteiger charge is -2.37. The predicted molar refractivity (Wildman–Crippen MR) is 141 cm³/mol. The van der Waals surface area contributed by atoms with E-state index in [-0.39, 0.29) is 17.3 Å². The summed E-state index contributed by atoms with van der Waals surface area (Å²) in [7, 11) is 0. The highest BCUT2D eigenvalue weighted by molar-refractivity contribution is 6.30. The van der Waals surface area contributed by atoms with E-state index < -0.39 is 0 Å². The number of hydrogen-bond acceptors (Lipinski definition) is 1. The van der Waals surface area contributed by atoms with Gasteiger partial charge in [-0.3, -0.25) is 0 Å². The molecule has 0 heterocycles. The van der Waals surface area contributed by atoms with Gasteiger partial charge in [0.25, 0.3) is 0 Å². The second-order valence-corrected chi connectivity index (χ2v) is 10.6. The molecule has 0 saturated carbocycles. The molecule has 0 unspecified atom stereocenters. The van der Waals surface area contributed by atoms with Gasteiger partial charge in [-0.2, -0.15) is 0 Å². The van der Waals surface area contributed by atoms with Crippen molar-refractivity contribution in [2.24, 2.45) is 17.3 Å². The molecule has 2 aromatic carbocycles. The summed E-state index contributed by atoms with van der Waals surface area (Å²) in [5, 5.41) is 1.50. The summed E-state index contributed by atoms with van der Waals surface area (Å²) >= 11 is 12.5. The first-order chi connectivity index (χ1) is 15.1. The fourth-order valence-corrected chi connectivity index (χ4v) is 4.36. The van der Waals surface area contributed by atoms with Crippen LogP contribution in [-0.2, 0) is 4.74 Å². The van der Waals surface area contributed by atoms with Crippen molar-refractivity contribution in [2.45, 2.75) is 59.3 Å². The number of allylic oxidation sites excluding steroid dienone is 2. The smallest absolute Gasteiger partial charge is 0.0950 e. The van der Waals surface area contributed by atoms with Crippen molar-refractivity contribution in [1.82, 2.24) is 0 Å². The minimum Gasteiger partial charge on any atom is -0.498 e. The first kappa shape index (κ1) is 26.6. The van der Waals surface area contributed by atoms with Crippen LogP contribution >= 0.6 is 23.2 Å². The maximum atomic E-state index is 6.39. The summed E-state index contributed by atoms with van der Waals surface area (Å²) in [5.41, 5.74) is 2.23. The van der Waals surface area contributed by atoms with E-state index >= 15 is 0 Å². The number of ether oxygens (including phenoxy) is 1. The molecule has 4 atom stereocenters. The van der Waals surface area contributed by atoms with Crippen LogP contribution in [0.15, 0.2) is 73.5 Å². The topological polar surface area (TPSA) is 9.23 Å². The molecule has 0 N–H and O–H groups in total. The second kappa shape index (κ2) is 12.0. The predicted octanol–water partition coefficient (Wildman–Crippen LogP) is 9.68. The van der Waals surface area contributed by atoms with E-state index in [9.17, 15) is 0 Å². The molecule has 0 bridgehead atoms.